The number of hydrogen-bond donors (Lipinski definition) is 2. The van der Waals surface area contributed by atoms with E-state index in [2.05, 4.69) is 33.8 Å². The molecule has 0 saturated heterocycles. The van der Waals surface area contributed by atoms with E-state index in [1.807, 2.05) is 19.9 Å². The molecule has 0 bridgehead atoms. The Kier molecular flexibility index (Phi) is 11.7. The van der Waals surface area contributed by atoms with Crippen molar-refractivity contribution in [3.05, 3.63) is 35.4 Å². The number of nitrogens with one attached hydrogen (secondary N) is 2. The van der Waals surface area contributed by atoms with Crippen molar-refractivity contribution >= 4 is 5.96 Å². The number of methoxy groups -OCH3 is 1. The minimum absolute atomic E-state index is 0.594. The highest BCUT2D eigenvalue weighted by Crippen LogP contribution is 2.08. The summed E-state index contributed by atoms with van der Waals surface area (Å²) in [5.74, 6) is 0.799. The van der Waals surface area contributed by atoms with Gasteiger partial charge in [-0.25, -0.2) is 4.99 Å². The third kappa shape index (κ3) is 9.50. The van der Waals surface area contributed by atoms with E-state index < -0.39 is 0 Å². The van der Waals surface area contributed by atoms with E-state index in [0.717, 1.165) is 36.8 Å². The molecule has 0 fully saturated rings. The average molecular weight is 337 g/mol. The lowest BCUT2D eigenvalue weighted by Gasteiger charge is -2.11. The smallest absolute Gasteiger partial charge is 0.191 e. The van der Waals surface area contributed by atoms with Gasteiger partial charge in [0.05, 0.1) is 33.0 Å². The first-order valence-corrected chi connectivity index (χ1v) is 8.54. The van der Waals surface area contributed by atoms with Gasteiger partial charge in [-0.3, -0.25) is 0 Å². The van der Waals surface area contributed by atoms with E-state index in [-0.39, 0.29) is 0 Å². The summed E-state index contributed by atoms with van der Waals surface area (Å²) in [7, 11) is 1.69. The molecular formula is C18H31N3O3. The zero-order valence-corrected chi connectivity index (χ0v) is 15.1. The fraction of sp³-hybridized carbons (Fsp3) is 0.611. The van der Waals surface area contributed by atoms with Gasteiger partial charge >= 0.3 is 0 Å². The lowest BCUT2D eigenvalue weighted by atomic mass is 10.1. The molecule has 2 N–H and O–H groups in total. The van der Waals surface area contributed by atoms with Crippen molar-refractivity contribution < 1.29 is 14.2 Å². The van der Waals surface area contributed by atoms with Crippen LogP contribution in [0, 0.1) is 0 Å². The molecular weight excluding hydrogens is 306 g/mol. The molecule has 0 spiro atoms. The van der Waals surface area contributed by atoms with Gasteiger partial charge in [0, 0.05) is 26.8 Å². The van der Waals surface area contributed by atoms with E-state index in [4.69, 9.17) is 14.2 Å². The van der Waals surface area contributed by atoms with Crippen molar-refractivity contribution in [3.8, 4) is 0 Å². The summed E-state index contributed by atoms with van der Waals surface area (Å²) < 4.78 is 15.9. The summed E-state index contributed by atoms with van der Waals surface area (Å²) in [6.07, 6.45) is 0. The van der Waals surface area contributed by atoms with E-state index in [1.165, 1.54) is 0 Å². The van der Waals surface area contributed by atoms with Crippen LogP contribution < -0.4 is 10.6 Å². The largest absolute Gasteiger partial charge is 0.383 e. The van der Waals surface area contributed by atoms with Crippen LogP contribution in [0.5, 0.6) is 0 Å². The molecule has 1 rings (SSSR count). The van der Waals surface area contributed by atoms with Crippen LogP contribution >= 0.6 is 0 Å². The maximum absolute atomic E-state index is 5.61. The third-order valence-electron chi connectivity index (χ3n) is 3.20. The van der Waals surface area contributed by atoms with Gasteiger partial charge in [-0.1, -0.05) is 24.3 Å². The molecule has 24 heavy (non-hydrogen) atoms. The SMILES string of the molecule is CCNC(=NCc1cccc(COCCOCC)c1)NCCOC. The molecule has 0 amide bonds. The molecule has 0 heterocycles. The molecule has 0 aliphatic heterocycles. The fourth-order valence-electron chi connectivity index (χ4n) is 2.05. The molecule has 0 radical (unpaired) electrons. The molecule has 0 aromatic heterocycles. The lowest BCUT2D eigenvalue weighted by molar-refractivity contribution is 0.0453. The Labute approximate surface area is 145 Å². The van der Waals surface area contributed by atoms with E-state index >= 15 is 0 Å². The van der Waals surface area contributed by atoms with E-state index in [1.54, 1.807) is 7.11 Å². The number of ether oxygens (including phenoxy) is 3. The standard InChI is InChI=1S/C18H31N3O3/c1-4-19-18(20-9-10-22-3)21-14-16-7-6-8-17(13-16)15-24-12-11-23-5-2/h6-8,13H,4-5,9-12,14-15H2,1-3H3,(H2,19,20,21). The van der Waals surface area contributed by atoms with Gasteiger partial charge in [0.15, 0.2) is 5.96 Å². The van der Waals surface area contributed by atoms with E-state index in [0.29, 0.717) is 33.0 Å². The van der Waals surface area contributed by atoms with Crippen LogP contribution in [0.3, 0.4) is 0 Å². The van der Waals surface area contributed by atoms with Crippen LogP contribution in [0.1, 0.15) is 25.0 Å². The van der Waals surface area contributed by atoms with Crippen LogP contribution in [0.2, 0.25) is 0 Å². The Hall–Kier alpha value is -1.63. The van der Waals surface area contributed by atoms with Crippen molar-refractivity contribution in [2.75, 3.05) is 46.6 Å². The molecule has 6 nitrogen and oxygen atoms in total. The zero-order chi connectivity index (χ0) is 17.5. The zero-order valence-electron chi connectivity index (χ0n) is 15.1. The molecule has 0 unspecified atom stereocenters. The summed E-state index contributed by atoms with van der Waals surface area (Å²) in [5.41, 5.74) is 2.31. The third-order valence-corrected chi connectivity index (χ3v) is 3.20. The number of benzene rings is 1. The lowest BCUT2D eigenvalue weighted by Crippen LogP contribution is -2.38. The first-order chi connectivity index (χ1) is 11.8. The summed E-state index contributed by atoms with van der Waals surface area (Å²) in [6, 6.07) is 8.31. The molecule has 1 aromatic carbocycles. The second-order valence-electron chi connectivity index (χ2n) is 5.18. The second kappa shape index (κ2) is 13.8. The number of aliphatic imine (C=N–C) groups is 1. The van der Waals surface area contributed by atoms with Gasteiger partial charge in [-0.15, -0.1) is 0 Å². The molecule has 0 aliphatic rings. The number of guanidine groups is 1. The molecule has 136 valence electrons. The van der Waals surface area contributed by atoms with Crippen molar-refractivity contribution in [3.63, 3.8) is 0 Å². The summed E-state index contributed by atoms with van der Waals surface area (Å²) >= 11 is 0. The predicted molar refractivity (Wildman–Crippen MR) is 97.3 cm³/mol. The normalized spacial score (nSPS) is 11.5. The molecule has 0 saturated carbocycles. The van der Waals surface area contributed by atoms with Crippen LogP contribution in [-0.4, -0.2) is 52.6 Å². The first kappa shape index (κ1) is 20.4. The van der Waals surface area contributed by atoms with Crippen LogP contribution in [0.4, 0.5) is 0 Å². The fourth-order valence-corrected chi connectivity index (χ4v) is 2.05. The maximum atomic E-state index is 5.61. The van der Waals surface area contributed by atoms with Crippen molar-refractivity contribution in [1.29, 1.82) is 0 Å². The Morgan fingerprint density at radius 1 is 1.04 bits per heavy atom. The van der Waals surface area contributed by atoms with Crippen LogP contribution in [0.15, 0.2) is 29.3 Å². The van der Waals surface area contributed by atoms with Crippen LogP contribution in [0.25, 0.3) is 0 Å². The van der Waals surface area contributed by atoms with Gasteiger partial charge in [-0.05, 0) is 25.0 Å². The van der Waals surface area contributed by atoms with Gasteiger partial charge in [-0.2, -0.15) is 0 Å². The second-order valence-corrected chi connectivity index (χ2v) is 5.18. The molecule has 0 atom stereocenters. The Morgan fingerprint density at radius 3 is 2.58 bits per heavy atom. The minimum Gasteiger partial charge on any atom is -0.383 e. The highest BCUT2D eigenvalue weighted by Gasteiger charge is 1.99. The predicted octanol–water partition coefficient (Wildman–Crippen LogP) is 1.94. The summed E-state index contributed by atoms with van der Waals surface area (Å²) in [4.78, 5) is 4.60. The van der Waals surface area contributed by atoms with Crippen molar-refractivity contribution in [2.45, 2.75) is 27.0 Å². The maximum Gasteiger partial charge on any atom is 0.191 e. The Morgan fingerprint density at radius 2 is 1.83 bits per heavy atom. The van der Waals surface area contributed by atoms with Crippen molar-refractivity contribution in [2.24, 2.45) is 4.99 Å². The Bertz CT molecular complexity index is 467. The first-order valence-electron chi connectivity index (χ1n) is 8.54. The summed E-state index contributed by atoms with van der Waals surface area (Å²) in [5, 5.41) is 6.46. The molecule has 0 aliphatic carbocycles. The number of rotatable bonds is 12. The number of hydrogen-bond acceptors (Lipinski definition) is 4. The molecule has 6 heteroatoms. The number of nitrogens with zero attached hydrogens (tertiary/aromatic N) is 1. The van der Waals surface area contributed by atoms with Crippen molar-refractivity contribution in [1.82, 2.24) is 10.6 Å². The van der Waals surface area contributed by atoms with Crippen LogP contribution in [-0.2, 0) is 27.4 Å². The van der Waals surface area contributed by atoms with Gasteiger partial charge in [0.1, 0.15) is 0 Å². The van der Waals surface area contributed by atoms with Gasteiger partial charge < -0.3 is 24.8 Å². The monoisotopic (exact) mass is 337 g/mol. The summed E-state index contributed by atoms with van der Waals surface area (Å²) in [6.45, 7) is 9.43. The average Bonchev–Trinajstić information content (AvgIpc) is 2.60. The van der Waals surface area contributed by atoms with Gasteiger partial charge in [0.25, 0.3) is 0 Å². The van der Waals surface area contributed by atoms with Gasteiger partial charge in [0.2, 0.25) is 0 Å². The topological polar surface area (TPSA) is 64.1 Å². The Balaban J connectivity index is 2.47. The highest BCUT2D eigenvalue weighted by molar-refractivity contribution is 5.79. The minimum atomic E-state index is 0.594. The quantitative estimate of drug-likeness (QED) is 0.347. The molecule has 1 aromatic rings. The van der Waals surface area contributed by atoms with E-state index in [9.17, 15) is 0 Å². The highest BCUT2D eigenvalue weighted by atomic mass is 16.5.